The van der Waals surface area contributed by atoms with Gasteiger partial charge in [0.05, 0.1) is 6.61 Å². The number of hydrogen-bond donors (Lipinski definition) is 0. The number of carbonyl (C=O) groups is 1. The highest BCUT2D eigenvalue weighted by Crippen LogP contribution is 2.26. The third kappa shape index (κ3) is 3.58. The van der Waals surface area contributed by atoms with Crippen LogP contribution in [0.1, 0.15) is 46.1 Å². The van der Waals surface area contributed by atoms with E-state index in [1.807, 2.05) is 38.1 Å². The first-order chi connectivity index (χ1) is 7.98. The van der Waals surface area contributed by atoms with Gasteiger partial charge in [0, 0.05) is 5.41 Å². The van der Waals surface area contributed by atoms with Crippen molar-refractivity contribution in [1.29, 1.82) is 0 Å². The van der Waals surface area contributed by atoms with E-state index in [0.29, 0.717) is 0 Å². The normalized spacial score (nSPS) is 11.3. The SMILES string of the molecule is CCCCOc1ccc(C(C)(C)C(C)=O)cc1. The lowest BCUT2D eigenvalue weighted by atomic mass is 9.81. The fourth-order valence-electron chi connectivity index (χ4n) is 1.51. The zero-order valence-corrected chi connectivity index (χ0v) is 11.2. The summed E-state index contributed by atoms with van der Waals surface area (Å²) in [4.78, 5) is 11.5. The van der Waals surface area contributed by atoms with E-state index in [0.717, 1.165) is 30.8 Å². The molecule has 0 heterocycles. The van der Waals surface area contributed by atoms with Crippen LogP contribution in [0.4, 0.5) is 0 Å². The van der Waals surface area contributed by atoms with Crippen molar-refractivity contribution < 1.29 is 9.53 Å². The van der Waals surface area contributed by atoms with Crippen LogP contribution in [-0.4, -0.2) is 12.4 Å². The average molecular weight is 234 g/mol. The zero-order valence-electron chi connectivity index (χ0n) is 11.2. The molecule has 0 atom stereocenters. The van der Waals surface area contributed by atoms with Crippen LogP contribution in [0.25, 0.3) is 0 Å². The summed E-state index contributed by atoms with van der Waals surface area (Å²) in [6, 6.07) is 7.83. The maximum Gasteiger partial charge on any atom is 0.139 e. The summed E-state index contributed by atoms with van der Waals surface area (Å²) in [5.41, 5.74) is 0.620. The van der Waals surface area contributed by atoms with Crippen LogP contribution in [0.3, 0.4) is 0 Å². The highest BCUT2D eigenvalue weighted by molar-refractivity contribution is 5.87. The summed E-state index contributed by atoms with van der Waals surface area (Å²) >= 11 is 0. The van der Waals surface area contributed by atoms with Crippen molar-refractivity contribution >= 4 is 5.78 Å². The summed E-state index contributed by atoms with van der Waals surface area (Å²) in [7, 11) is 0. The van der Waals surface area contributed by atoms with Crippen LogP contribution in [0.2, 0.25) is 0 Å². The molecular formula is C15H22O2. The van der Waals surface area contributed by atoms with Gasteiger partial charge in [0.2, 0.25) is 0 Å². The molecule has 0 unspecified atom stereocenters. The number of unbranched alkanes of at least 4 members (excludes halogenated alkanes) is 1. The third-order valence-electron chi connectivity index (χ3n) is 3.22. The Balaban J connectivity index is 2.71. The first-order valence-electron chi connectivity index (χ1n) is 6.23. The fraction of sp³-hybridized carbons (Fsp3) is 0.533. The molecule has 0 bridgehead atoms. The van der Waals surface area contributed by atoms with Crippen molar-refractivity contribution in [2.45, 2.75) is 46.0 Å². The molecule has 0 amide bonds. The second kappa shape index (κ2) is 5.85. The molecule has 0 aliphatic carbocycles. The molecule has 0 saturated carbocycles. The Labute approximate surface area is 104 Å². The molecule has 0 radical (unpaired) electrons. The standard InChI is InChI=1S/C15H22O2/c1-5-6-11-17-14-9-7-13(8-10-14)15(3,4)12(2)16/h7-10H,5-6,11H2,1-4H3. The first kappa shape index (κ1) is 13.8. The zero-order chi connectivity index (χ0) is 12.9. The van der Waals surface area contributed by atoms with Gasteiger partial charge in [-0.3, -0.25) is 4.79 Å². The smallest absolute Gasteiger partial charge is 0.139 e. The molecule has 0 aliphatic heterocycles. The van der Waals surface area contributed by atoms with Crippen LogP contribution >= 0.6 is 0 Å². The number of hydrogen-bond acceptors (Lipinski definition) is 2. The highest BCUT2D eigenvalue weighted by Gasteiger charge is 2.25. The lowest BCUT2D eigenvalue weighted by Gasteiger charge is -2.21. The number of ketones is 1. The summed E-state index contributed by atoms with van der Waals surface area (Å²) in [6.45, 7) is 8.42. The van der Waals surface area contributed by atoms with Gasteiger partial charge in [0.25, 0.3) is 0 Å². The van der Waals surface area contributed by atoms with E-state index in [2.05, 4.69) is 6.92 Å². The van der Waals surface area contributed by atoms with Gasteiger partial charge in [-0.2, -0.15) is 0 Å². The largest absolute Gasteiger partial charge is 0.494 e. The van der Waals surface area contributed by atoms with E-state index in [1.54, 1.807) is 6.92 Å². The van der Waals surface area contributed by atoms with E-state index in [9.17, 15) is 4.79 Å². The minimum Gasteiger partial charge on any atom is -0.494 e. The van der Waals surface area contributed by atoms with E-state index in [4.69, 9.17) is 4.74 Å². The Morgan fingerprint density at radius 1 is 1.24 bits per heavy atom. The Morgan fingerprint density at radius 3 is 2.29 bits per heavy atom. The number of ether oxygens (including phenoxy) is 1. The number of Topliss-reactive ketones (excluding diaryl/α,β-unsaturated/α-hetero) is 1. The van der Waals surface area contributed by atoms with Gasteiger partial charge < -0.3 is 4.74 Å². The highest BCUT2D eigenvalue weighted by atomic mass is 16.5. The van der Waals surface area contributed by atoms with Crippen LogP contribution in [0, 0.1) is 0 Å². The molecule has 1 rings (SSSR count). The van der Waals surface area contributed by atoms with Gasteiger partial charge in [-0.05, 0) is 44.9 Å². The Morgan fingerprint density at radius 2 is 1.82 bits per heavy atom. The quantitative estimate of drug-likeness (QED) is 0.701. The number of carbonyl (C=O) groups excluding carboxylic acids is 1. The lowest BCUT2D eigenvalue weighted by Crippen LogP contribution is -2.26. The van der Waals surface area contributed by atoms with Gasteiger partial charge in [-0.25, -0.2) is 0 Å². The predicted octanol–water partition coefficient (Wildman–Crippen LogP) is 3.73. The van der Waals surface area contributed by atoms with Gasteiger partial charge in [-0.15, -0.1) is 0 Å². The Bertz CT molecular complexity index is 363. The molecule has 1 aromatic rings. The van der Waals surface area contributed by atoms with E-state index < -0.39 is 5.41 Å². The van der Waals surface area contributed by atoms with Crippen molar-refractivity contribution in [2.24, 2.45) is 0 Å². The molecule has 0 fully saturated rings. The van der Waals surface area contributed by atoms with Gasteiger partial charge >= 0.3 is 0 Å². The molecule has 0 aromatic heterocycles. The molecule has 0 saturated heterocycles. The van der Waals surface area contributed by atoms with Crippen LogP contribution < -0.4 is 4.74 Å². The summed E-state index contributed by atoms with van der Waals surface area (Å²) in [6.07, 6.45) is 2.20. The van der Waals surface area contributed by atoms with Crippen LogP contribution in [0.5, 0.6) is 5.75 Å². The number of rotatable bonds is 6. The summed E-state index contributed by atoms with van der Waals surface area (Å²) < 4.78 is 5.59. The second-order valence-corrected chi connectivity index (χ2v) is 4.91. The van der Waals surface area contributed by atoms with E-state index in [1.165, 1.54) is 0 Å². The average Bonchev–Trinajstić information content (AvgIpc) is 2.30. The molecule has 17 heavy (non-hydrogen) atoms. The maximum absolute atomic E-state index is 11.5. The predicted molar refractivity (Wildman–Crippen MR) is 70.6 cm³/mol. The van der Waals surface area contributed by atoms with Crippen molar-refractivity contribution in [3.63, 3.8) is 0 Å². The molecule has 2 nitrogen and oxygen atoms in total. The molecule has 1 aromatic carbocycles. The molecule has 0 N–H and O–H groups in total. The summed E-state index contributed by atoms with van der Waals surface area (Å²) in [5, 5.41) is 0. The van der Waals surface area contributed by atoms with Gasteiger partial charge in [0.1, 0.15) is 11.5 Å². The van der Waals surface area contributed by atoms with Gasteiger partial charge in [0.15, 0.2) is 0 Å². The monoisotopic (exact) mass is 234 g/mol. The Kier molecular flexibility index (Phi) is 4.73. The first-order valence-corrected chi connectivity index (χ1v) is 6.23. The second-order valence-electron chi connectivity index (χ2n) is 4.91. The van der Waals surface area contributed by atoms with Crippen molar-refractivity contribution in [1.82, 2.24) is 0 Å². The minimum atomic E-state index is -0.415. The van der Waals surface area contributed by atoms with Crippen molar-refractivity contribution in [3.8, 4) is 5.75 Å². The van der Waals surface area contributed by atoms with Crippen molar-refractivity contribution in [3.05, 3.63) is 29.8 Å². The topological polar surface area (TPSA) is 26.3 Å². The van der Waals surface area contributed by atoms with Crippen molar-refractivity contribution in [2.75, 3.05) is 6.61 Å². The molecule has 0 spiro atoms. The molecule has 2 heteroatoms. The maximum atomic E-state index is 11.5. The fourth-order valence-corrected chi connectivity index (χ4v) is 1.51. The third-order valence-corrected chi connectivity index (χ3v) is 3.22. The van der Waals surface area contributed by atoms with E-state index >= 15 is 0 Å². The minimum absolute atomic E-state index is 0.178. The number of benzene rings is 1. The molecule has 0 aliphatic rings. The van der Waals surface area contributed by atoms with Crippen LogP contribution in [0.15, 0.2) is 24.3 Å². The lowest BCUT2D eigenvalue weighted by molar-refractivity contribution is -0.121. The van der Waals surface area contributed by atoms with Gasteiger partial charge in [-0.1, -0.05) is 25.5 Å². The molecular weight excluding hydrogens is 212 g/mol. The van der Waals surface area contributed by atoms with Crippen LogP contribution in [-0.2, 0) is 10.2 Å². The Hall–Kier alpha value is -1.31. The van der Waals surface area contributed by atoms with E-state index in [-0.39, 0.29) is 5.78 Å². The molecule has 94 valence electrons. The summed E-state index contributed by atoms with van der Waals surface area (Å²) in [5.74, 6) is 1.05.